The highest BCUT2D eigenvalue weighted by molar-refractivity contribution is 6.00. The van der Waals surface area contributed by atoms with Crippen LogP contribution < -0.4 is 15.4 Å². The number of nitrogens with one attached hydrogen (secondary N) is 2. The number of urea groups is 1. The van der Waals surface area contributed by atoms with E-state index < -0.39 is 0 Å². The largest absolute Gasteiger partial charge is 0.496 e. The number of hydrogen-bond donors (Lipinski definition) is 2. The fourth-order valence-corrected chi connectivity index (χ4v) is 3.25. The van der Waals surface area contributed by atoms with Crippen LogP contribution in [0.5, 0.6) is 5.75 Å². The summed E-state index contributed by atoms with van der Waals surface area (Å²) in [4.78, 5) is 12.4. The molecule has 0 atom stereocenters. The first-order valence-electron chi connectivity index (χ1n) is 9.31. The summed E-state index contributed by atoms with van der Waals surface area (Å²) in [5, 5.41) is 11.2. The number of methoxy groups -OCH3 is 1. The second kappa shape index (κ2) is 7.67. The van der Waals surface area contributed by atoms with Gasteiger partial charge in [0.15, 0.2) is 0 Å². The first kappa shape index (κ1) is 18.6. The van der Waals surface area contributed by atoms with E-state index in [0.29, 0.717) is 5.69 Å². The molecule has 4 aromatic rings. The Balaban J connectivity index is 1.51. The molecule has 0 aliphatic carbocycles. The van der Waals surface area contributed by atoms with E-state index in [1.807, 2.05) is 79.2 Å². The van der Waals surface area contributed by atoms with Gasteiger partial charge in [-0.1, -0.05) is 18.2 Å². The Hall–Kier alpha value is -3.80. The van der Waals surface area contributed by atoms with Crippen LogP contribution in [0.15, 0.2) is 66.9 Å². The molecule has 6 heteroatoms. The van der Waals surface area contributed by atoms with E-state index >= 15 is 0 Å². The number of rotatable bonds is 4. The Bertz CT molecular complexity index is 1180. The number of hydrogen-bond acceptors (Lipinski definition) is 3. The summed E-state index contributed by atoms with van der Waals surface area (Å²) >= 11 is 0. The van der Waals surface area contributed by atoms with Crippen LogP contribution in [-0.4, -0.2) is 22.9 Å². The maximum absolute atomic E-state index is 12.4. The number of benzene rings is 3. The average molecular weight is 386 g/mol. The monoisotopic (exact) mass is 386 g/mol. The van der Waals surface area contributed by atoms with Crippen LogP contribution in [-0.2, 0) is 0 Å². The fourth-order valence-electron chi connectivity index (χ4n) is 3.25. The second-order valence-electron chi connectivity index (χ2n) is 6.89. The predicted molar refractivity (Wildman–Crippen MR) is 116 cm³/mol. The summed E-state index contributed by atoms with van der Waals surface area (Å²) in [6.07, 6.45) is 1.79. The van der Waals surface area contributed by atoms with E-state index in [9.17, 15) is 4.79 Å². The molecule has 29 heavy (non-hydrogen) atoms. The van der Waals surface area contributed by atoms with Crippen LogP contribution in [0, 0.1) is 13.8 Å². The minimum atomic E-state index is -0.277. The normalized spacial score (nSPS) is 10.7. The zero-order chi connectivity index (χ0) is 20.4. The molecule has 146 valence electrons. The molecule has 3 aromatic carbocycles. The molecule has 0 radical (unpaired) electrons. The lowest BCUT2D eigenvalue weighted by molar-refractivity contribution is 0.262. The van der Waals surface area contributed by atoms with Crippen molar-refractivity contribution in [3.05, 3.63) is 78.0 Å². The van der Waals surface area contributed by atoms with Gasteiger partial charge in [0.1, 0.15) is 5.75 Å². The molecule has 1 heterocycles. The number of fused-ring (bicyclic) bond motifs is 1. The first-order chi connectivity index (χ1) is 14.0. The molecule has 2 amide bonds. The van der Waals surface area contributed by atoms with Crippen molar-refractivity contribution in [1.29, 1.82) is 0 Å². The second-order valence-corrected chi connectivity index (χ2v) is 6.89. The number of carbonyl (C=O) groups is 1. The van der Waals surface area contributed by atoms with Crippen molar-refractivity contribution in [1.82, 2.24) is 9.78 Å². The van der Waals surface area contributed by atoms with Crippen molar-refractivity contribution in [2.75, 3.05) is 17.7 Å². The Morgan fingerprint density at radius 1 is 1.00 bits per heavy atom. The minimum Gasteiger partial charge on any atom is -0.496 e. The zero-order valence-corrected chi connectivity index (χ0v) is 16.6. The Labute approximate surface area is 169 Å². The Morgan fingerprint density at radius 3 is 2.55 bits per heavy atom. The third kappa shape index (κ3) is 3.78. The predicted octanol–water partition coefficient (Wildman–Crippen LogP) is 5.29. The van der Waals surface area contributed by atoms with Gasteiger partial charge in [-0.25, -0.2) is 9.48 Å². The minimum absolute atomic E-state index is 0.277. The molecule has 2 N–H and O–H groups in total. The van der Waals surface area contributed by atoms with Gasteiger partial charge >= 0.3 is 6.03 Å². The van der Waals surface area contributed by atoms with Crippen molar-refractivity contribution in [2.45, 2.75) is 13.8 Å². The smallest absolute Gasteiger partial charge is 0.323 e. The summed E-state index contributed by atoms with van der Waals surface area (Å²) in [5.74, 6) is 0.787. The quantitative estimate of drug-likeness (QED) is 0.500. The molecule has 0 bridgehead atoms. The highest BCUT2D eigenvalue weighted by atomic mass is 16.5. The average Bonchev–Trinajstić information content (AvgIpc) is 3.15. The van der Waals surface area contributed by atoms with E-state index in [2.05, 4.69) is 15.7 Å². The summed E-state index contributed by atoms with van der Waals surface area (Å²) in [6, 6.07) is 19.1. The SMILES string of the molecule is COc1cccc2c1cnn2-c1ccc(NC(=O)Nc2cc(C)ccc2C)cc1. The van der Waals surface area contributed by atoms with Gasteiger partial charge in [0, 0.05) is 11.4 Å². The maximum atomic E-state index is 12.4. The third-order valence-corrected chi connectivity index (χ3v) is 4.80. The van der Waals surface area contributed by atoms with E-state index in [4.69, 9.17) is 4.74 Å². The molecule has 0 spiro atoms. The zero-order valence-electron chi connectivity index (χ0n) is 16.6. The van der Waals surface area contributed by atoms with Gasteiger partial charge in [-0.2, -0.15) is 5.10 Å². The molecule has 0 aliphatic rings. The maximum Gasteiger partial charge on any atom is 0.323 e. The van der Waals surface area contributed by atoms with E-state index in [-0.39, 0.29) is 6.03 Å². The Kier molecular flexibility index (Phi) is 4.91. The molecule has 0 unspecified atom stereocenters. The molecular weight excluding hydrogens is 364 g/mol. The van der Waals surface area contributed by atoms with Gasteiger partial charge < -0.3 is 15.4 Å². The van der Waals surface area contributed by atoms with E-state index in [0.717, 1.165) is 39.2 Å². The summed E-state index contributed by atoms with van der Waals surface area (Å²) in [6.45, 7) is 3.96. The van der Waals surface area contributed by atoms with Crippen molar-refractivity contribution in [2.24, 2.45) is 0 Å². The fraction of sp³-hybridized carbons (Fsp3) is 0.130. The lowest BCUT2D eigenvalue weighted by Crippen LogP contribution is -2.20. The topological polar surface area (TPSA) is 68.2 Å². The van der Waals surface area contributed by atoms with Gasteiger partial charge in [0.05, 0.1) is 29.9 Å². The highest BCUT2D eigenvalue weighted by Crippen LogP contribution is 2.27. The van der Waals surface area contributed by atoms with Crippen LogP contribution in [0.2, 0.25) is 0 Å². The summed E-state index contributed by atoms with van der Waals surface area (Å²) in [7, 11) is 1.65. The lowest BCUT2D eigenvalue weighted by Gasteiger charge is -2.11. The number of aryl methyl sites for hydroxylation is 2. The molecule has 1 aromatic heterocycles. The van der Waals surface area contributed by atoms with E-state index in [1.165, 1.54) is 0 Å². The molecule has 4 rings (SSSR count). The summed E-state index contributed by atoms with van der Waals surface area (Å²) in [5.41, 5.74) is 5.47. The molecule has 6 nitrogen and oxygen atoms in total. The van der Waals surface area contributed by atoms with Gasteiger partial charge in [-0.3, -0.25) is 0 Å². The van der Waals surface area contributed by atoms with Crippen LogP contribution in [0.25, 0.3) is 16.6 Å². The lowest BCUT2D eigenvalue weighted by atomic mass is 10.1. The van der Waals surface area contributed by atoms with Crippen molar-refractivity contribution in [3.8, 4) is 11.4 Å². The molecule has 0 saturated heterocycles. The number of ether oxygens (including phenoxy) is 1. The Morgan fingerprint density at radius 2 is 1.79 bits per heavy atom. The van der Waals surface area contributed by atoms with Gasteiger partial charge in [-0.15, -0.1) is 0 Å². The number of anilines is 2. The summed E-state index contributed by atoms with van der Waals surface area (Å²) < 4.78 is 7.24. The van der Waals surface area contributed by atoms with Gasteiger partial charge in [0.25, 0.3) is 0 Å². The standard InChI is InChI=1S/C23H22N4O2/c1-15-7-8-16(2)20(13-15)26-23(28)25-17-9-11-18(12-10-17)27-21-5-4-6-22(29-3)19(21)14-24-27/h4-14H,1-3H3,(H2,25,26,28). The number of aromatic nitrogens is 2. The first-order valence-corrected chi connectivity index (χ1v) is 9.31. The number of carbonyl (C=O) groups excluding carboxylic acids is 1. The van der Waals surface area contributed by atoms with Gasteiger partial charge in [0.2, 0.25) is 0 Å². The van der Waals surface area contributed by atoms with E-state index in [1.54, 1.807) is 13.3 Å². The van der Waals surface area contributed by atoms with Crippen LogP contribution in [0.1, 0.15) is 11.1 Å². The van der Waals surface area contributed by atoms with Crippen molar-refractivity contribution >= 4 is 28.3 Å². The highest BCUT2D eigenvalue weighted by Gasteiger charge is 2.10. The van der Waals surface area contributed by atoms with Crippen molar-refractivity contribution < 1.29 is 9.53 Å². The third-order valence-electron chi connectivity index (χ3n) is 4.80. The molecule has 0 aliphatic heterocycles. The molecule has 0 fully saturated rings. The van der Waals surface area contributed by atoms with Crippen LogP contribution >= 0.6 is 0 Å². The number of nitrogens with zero attached hydrogens (tertiary/aromatic N) is 2. The van der Waals surface area contributed by atoms with Gasteiger partial charge in [-0.05, 0) is 67.4 Å². The number of amides is 2. The molecule has 0 saturated carbocycles. The molecular formula is C23H22N4O2. The van der Waals surface area contributed by atoms with Crippen LogP contribution in [0.3, 0.4) is 0 Å². The van der Waals surface area contributed by atoms with Crippen molar-refractivity contribution in [3.63, 3.8) is 0 Å². The van der Waals surface area contributed by atoms with Crippen LogP contribution in [0.4, 0.5) is 16.2 Å².